The highest BCUT2D eigenvalue weighted by molar-refractivity contribution is 6.09. The van der Waals surface area contributed by atoms with Crippen molar-refractivity contribution >= 4 is 17.8 Å². The maximum absolute atomic E-state index is 10.6. The molecule has 0 unspecified atom stereocenters. The van der Waals surface area contributed by atoms with Gasteiger partial charge in [-0.1, -0.05) is 25.3 Å². The molecule has 1 aromatic carbocycles. The summed E-state index contributed by atoms with van der Waals surface area (Å²) < 4.78 is 0. The molecular weight excluding hydrogens is 216 g/mol. The molecule has 0 fully saturated rings. The van der Waals surface area contributed by atoms with Crippen molar-refractivity contribution in [2.75, 3.05) is 0 Å². The number of allylic oxidation sites excluding steroid dienone is 2. The lowest BCUT2D eigenvalue weighted by atomic mass is 10.1. The van der Waals surface area contributed by atoms with Crippen LogP contribution in [0.5, 0.6) is 0 Å². The second-order valence-electron chi connectivity index (χ2n) is 3.22. The molecular formula is C13H10N2O2. The highest BCUT2D eigenvalue weighted by Crippen LogP contribution is 2.12. The third kappa shape index (κ3) is 3.43. The number of aliphatic imine (C=N–C) groups is 1. The fraction of sp³-hybridized carbons (Fsp3) is 0. The Kier molecular flexibility index (Phi) is 3.96. The van der Waals surface area contributed by atoms with Crippen molar-refractivity contribution in [3.8, 4) is 6.07 Å². The maximum atomic E-state index is 10.6. The number of carboxylic acid groups (broad SMARTS) is 1. The largest absolute Gasteiger partial charge is 0.478 e. The van der Waals surface area contributed by atoms with Crippen molar-refractivity contribution in [1.82, 2.24) is 0 Å². The van der Waals surface area contributed by atoms with Crippen LogP contribution >= 0.6 is 0 Å². The summed E-state index contributed by atoms with van der Waals surface area (Å²) in [5.74, 6) is -0.978. The Labute approximate surface area is 98.9 Å². The van der Waals surface area contributed by atoms with E-state index in [9.17, 15) is 4.79 Å². The highest BCUT2D eigenvalue weighted by atomic mass is 16.4. The molecule has 0 aromatic heterocycles. The van der Waals surface area contributed by atoms with Gasteiger partial charge in [-0.25, -0.2) is 9.79 Å². The van der Waals surface area contributed by atoms with Gasteiger partial charge in [0.1, 0.15) is 11.8 Å². The average Bonchev–Trinajstić information content (AvgIpc) is 2.35. The molecule has 0 amide bonds. The molecule has 0 saturated carbocycles. The quantitative estimate of drug-likeness (QED) is 0.633. The summed E-state index contributed by atoms with van der Waals surface area (Å²) in [4.78, 5) is 14.4. The molecule has 0 bridgehead atoms. The molecule has 0 aliphatic rings. The van der Waals surface area contributed by atoms with E-state index in [1.165, 1.54) is 18.3 Å². The first-order valence-electron chi connectivity index (χ1n) is 4.70. The van der Waals surface area contributed by atoms with Gasteiger partial charge in [0.05, 0.1) is 5.56 Å². The number of carboxylic acids is 1. The maximum Gasteiger partial charge on any atom is 0.335 e. The van der Waals surface area contributed by atoms with Crippen LogP contribution in [-0.2, 0) is 0 Å². The van der Waals surface area contributed by atoms with E-state index in [0.717, 1.165) is 5.56 Å². The standard InChI is InChI=1S/C13H10N2O2/c1-9(8-15-10(2)7-14)11-3-5-12(6-4-11)13(16)17/h3-6,8H,1-2H2,(H,16,17)/b15-8+. The van der Waals surface area contributed by atoms with Crippen molar-refractivity contribution in [3.05, 3.63) is 54.2 Å². The zero-order valence-corrected chi connectivity index (χ0v) is 9.05. The van der Waals surface area contributed by atoms with Gasteiger partial charge in [0.25, 0.3) is 0 Å². The number of nitrogens with zero attached hydrogens (tertiary/aromatic N) is 2. The van der Waals surface area contributed by atoms with Crippen LogP contribution in [0.25, 0.3) is 5.57 Å². The predicted molar refractivity (Wildman–Crippen MR) is 65.7 cm³/mol. The molecule has 0 saturated heterocycles. The van der Waals surface area contributed by atoms with E-state index in [1.54, 1.807) is 18.2 Å². The van der Waals surface area contributed by atoms with E-state index < -0.39 is 5.97 Å². The number of rotatable bonds is 4. The highest BCUT2D eigenvalue weighted by Gasteiger charge is 2.02. The summed E-state index contributed by atoms with van der Waals surface area (Å²) >= 11 is 0. The van der Waals surface area contributed by atoms with Crippen molar-refractivity contribution in [1.29, 1.82) is 5.26 Å². The summed E-state index contributed by atoms with van der Waals surface area (Å²) in [5, 5.41) is 17.2. The minimum Gasteiger partial charge on any atom is -0.478 e. The molecule has 0 aliphatic heterocycles. The Bertz CT molecular complexity index is 534. The van der Waals surface area contributed by atoms with Crippen LogP contribution < -0.4 is 0 Å². The molecule has 84 valence electrons. The van der Waals surface area contributed by atoms with Crippen LogP contribution in [-0.4, -0.2) is 17.3 Å². The first kappa shape index (κ1) is 12.4. The van der Waals surface area contributed by atoms with Gasteiger partial charge in [0.15, 0.2) is 0 Å². The van der Waals surface area contributed by atoms with Gasteiger partial charge in [-0.05, 0) is 23.3 Å². The topological polar surface area (TPSA) is 73.5 Å². The van der Waals surface area contributed by atoms with Crippen LogP contribution in [0.15, 0.2) is 48.1 Å². The second kappa shape index (κ2) is 5.42. The zero-order valence-electron chi connectivity index (χ0n) is 9.05. The van der Waals surface area contributed by atoms with Gasteiger partial charge >= 0.3 is 5.97 Å². The predicted octanol–water partition coefficient (Wildman–Crippen LogP) is 2.51. The second-order valence-corrected chi connectivity index (χ2v) is 3.22. The molecule has 0 spiro atoms. The molecule has 1 rings (SSSR count). The Morgan fingerprint density at radius 3 is 2.29 bits per heavy atom. The van der Waals surface area contributed by atoms with Crippen molar-refractivity contribution in [3.63, 3.8) is 0 Å². The van der Waals surface area contributed by atoms with E-state index in [4.69, 9.17) is 10.4 Å². The van der Waals surface area contributed by atoms with Crippen molar-refractivity contribution < 1.29 is 9.90 Å². The van der Waals surface area contributed by atoms with Gasteiger partial charge in [-0.15, -0.1) is 0 Å². The lowest BCUT2D eigenvalue weighted by molar-refractivity contribution is 0.0697. The van der Waals surface area contributed by atoms with Gasteiger partial charge in [-0.2, -0.15) is 5.26 Å². The molecule has 0 atom stereocenters. The Hall–Kier alpha value is -2.67. The van der Waals surface area contributed by atoms with Gasteiger partial charge in [0, 0.05) is 6.21 Å². The monoisotopic (exact) mass is 226 g/mol. The van der Waals surface area contributed by atoms with Crippen molar-refractivity contribution in [2.24, 2.45) is 4.99 Å². The van der Waals surface area contributed by atoms with Crippen LogP contribution in [0.1, 0.15) is 15.9 Å². The van der Waals surface area contributed by atoms with Crippen LogP contribution in [0.2, 0.25) is 0 Å². The average molecular weight is 226 g/mol. The number of nitriles is 1. The van der Waals surface area contributed by atoms with E-state index in [0.29, 0.717) is 5.57 Å². The number of hydrogen-bond donors (Lipinski definition) is 1. The van der Waals surface area contributed by atoms with Crippen LogP contribution in [0.4, 0.5) is 0 Å². The van der Waals surface area contributed by atoms with Gasteiger partial charge in [-0.3, -0.25) is 0 Å². The van der Waals surface area contributed by atoms with Gasteiger partial charge < -0.3 is 5.11 Å². The Morgan fingerprint density at radius 2 is 1.82 bits per heavy atom. The molecule has 1 N–H and O–H groups in total. The third-order valence-electron chi connectivity index (χ3n) is 2.01. The number of carbonyl (C=O) groups is 1. The van der Waals surface area contributed by atoms with Crippen molar-refractivity contribution in [2.45, 2.75) is 0 Å². The summed E-state index contributed by atoms with van der Waals surface area (Å²) in [6.07, 6.45) is 1.42. The minimum absolute atomic E-state index is 0.0910. The van der Waals surface area contributed by atoms with Gasteiger partial charge in [0.2, 0.25) is 0 Å². The smallest absolute Gasteiger partial charge is 0.335 e. The fourth-order valence-corrected chi connectivity index (χ4v) is 1.09. The summed E-state index contributed by atoms with van der Waals surface area (Å²) in [6.45, 7) is 7.16. The van der Waals surface area contributed by atoms with E-state index in [1.807, 2.05) is 0 Å². The SMILES string of the molecule is C=C(C#N)/N=C/C(=C)c1ccc(C(=O)O)cc1. The summed E-state index contributed by atoms with van der Waals surface area (Å²) in [5.41, 5.74) is 1.62. The number of hydrogen-bond acceptors (Lipinski definition) is 3. The fourth-order valence-electron chi connectivity index (χ4n) is 1.09. The molecule has 0 aliphatic carbocycles. The zero-order chi connectivity index (χ0) is 12.8. The Morgan fingerprint density at radius 1 is 1.29 bits per heavy atom. The number of benzene rings is 1. The Balaban J connectivity index is 2.84. The molecule has 1 aromatic rings. The normalized spacial score (nSPS) is 9.82. The molecule has 4 nitrogen and oxygen atoms in total. The van der Waals surface area contributed by atoms with E-state index in [-0.39, 0.29) is 11.3 Å². The first-order valence-corrected chi connectivity index (χ1v) is 4.70. The molecule has 0 heterocycles. The lowest BCUT2D eigenvalue weighted by Gasteiger charge is -2.00. The molecule has 17 heavy (non-hydrogen) atoms. The van der Waals surface area contributed by atoms with E-state index >= 15 is 0 Å². The third-order valence-corrected chi connectivity index (χ3v) is 2.01. The first-order chi connectivity index (χ1) is 8.04. The summed E-state index contributed by atoms with van der Waals surface area (Å²) in [6, 6.07) is 8.01. The molecule has 4 heteroatoms. The minimum atomic E-state index is -0.978. The van der Waals surface area contributed by atoms with E-state index in [2.05, 4.69) is 18.2 Å². The van der Waals surface area contributed by atoms with Crippen LogP contribution in [0, 0.1) is 11.3 Å². The lowest BCUT2D eigenvalue weighted by Crippen LogP contribution is -1.95. The number of aromatic carboxylic acids is 1. The van der Waals surface area contributed by atoms with Crippen LogP contribution in [0.3, 0.4) is 0 Å². The molecule has 0 radical (unpaired) electrons. The summed E-state index contributed by atoms with van der Waals surface area (Å²) in [7, 11) is 0.